The molecule has 0 aromatic carbocycles. The molecule has 1 aliphatic rings. The molecular formula is C7H11O2P. The fourth-order valence-corrected chi connectivity index (χ4v) is 2.32. The summed E-state index contributed by atoms with van der Waals surface area (Å²) in [5.74, 6) is 2.78. The molecule has 1 fully saturated rings. The van der Waals surface area contributed by atoms with Crippen molar-refractivity contribution in [3.63, 3.8) is 0 Å². The van der Waals surface area contributed by atoms with Crippen molar-refractivity contribution in [3.8, 4) is 12.3 Å². The molecule has 0 aromatic heterocycles. The maximum atomic E-state index is 11.2. The zero-order valence-corrected chi connectivity index (χ0v) is 6.93. The molecule has 0 radical (unpaired) electrons. The molecule has 0 aromatic rings. The van der Waals surface area contributed by atoms with Crippen molar-refractivity contribution in [2.75, 3.05) is 19.4 Å². The van der Waals surface area contributed by atoms with Crippen LogP contribution in [0, 0.1) is 18.3 Å². The number of hydrogen-bond acceptors (Lipinski definition) is 2. The van der Waals surface area contributed by atoms with Crippen LogP contribution in [0.1, 0.15) is 6.42 Å². The lowest BCUT2D eigenvalue weighted by molar-refractivity contribution is 0.257. The topological polar surface area (TPSA) is 26.3 Å². The highest BCUT2D eigenvalue weighted by Gasteiger charge is 2.24. The van der Waals surface area contributed by atoms with Crippen molar-refractivity contribution in [1.29, 1.82) is 0 Å². The van der Waals surface area contributed by atoms with Crippen molar-refractivity contribution in [3.05, 3.63) is 0 Å². The van der Waals surface area contributed by atoms with Gasteiger partial charge < -0.3 is 4.52 Å². The molecule has 0 saturated carbocycles. The van der Waals surface area contributed by atoms with Gasteiger partial charge in [-0.15, -0.1) is 12.3 Å². The molecule has 1 heterocycles. The van der Waals surface area contributed by atoms with E-state index in [2.05, 4.69) is 5.92 Å². The molecule has 0 spiro atoms. The first-order chi connectivity index (χ1) is 4.64. The van der Waals surface area contributed by atoms with Crippen molar-refractivity contribution in [2.45, 2.75) is 6.42 Å². The van der Waals surface area contributed by atoms with Gasteiger partial charge in [0.05, 0.1) is 6.61 Å². The first kappa shape index (κ1) is 7.85. The Kier molecular flexibility index (Phi) is 2.18. The van der Waals surface area contributed by atoms with Crippen LogP contribution >= 0.6 is 7.37 Å². The van der Waals surface area contributed by atoms with Crippen molar-refractivity contribution in [1.82, 2.24) is 0 Å². The van der Waals surface area contributed by atoms with Gasteiger partial charge in [0.25, 0.3) is 0 Å². The number of terminal acetylenes is 1. The lowest BCUT2D eigenvalue weighted by Crippen LogP contribution is -2.15. The molecule has 2 unspecified atom stereocenters. The molecule has 0 bridgehead atoms. The van der Waals surface area contributed by atoms with Crippen LogP contribution in [0.4, 0.5) is 0 Å². The van der Waals surface area contributed by atoms with Gasteiger partial charge in [0.15, 0.2) is 7.37 Å². The molecular weight excluding hydrogens is 147 g/mol. The number of rotatable bonds is 0. The highest BCUT2D eigenvalue weighted by molar-refractivity contribution is 7.58. The average molecular weight is 158 g/mol. The van der Waals surface area contributed by atoms with Crippen LogP contribution in [0.25, 0.3) is 0 Å². The quantitative estimate of drug-likeness (QED) is 0.395. The van der Waals surface area contributed by atoms with E-state index in [0.717, 1.165) is 6.42 Å². The summed E-state index contributed by atoms with van der Waals surface area (Å²) in [6.07, 6.45) is 6.66. The molecule has 3 heteroatoms. The van der Waals surface area contributed by atoms with E-state index in [4.69, 9.17) is 10.9 Å². The summed E-state index contributed by atoms with van der Waals surface area (Å²) in [4.78, 5) is 0. The Morgan fingerprint density at radius 2 is 2.50 bits per heavy atom. The minimum absolute atomic E-state index is 0.182. The second-order valence-electron chi connectivity index (χ2n) is 2.69. The van der Waals surface area contributed by atoms with Gasteiger partial charge in [-0.25, -0.2) is 0 Å². The molecule has 0 N–H and O–H groups in total. The van der Waals surface area contributed by atoms with Crippen LogP contribution in [-0.2, 0) is 9.09 Å². The van der Waals surface area contributed by atoms with Gasteiger partial charge >= 0.3 is 0 Å². The second kappa shape index (κ2) is 2.78. The molecule has 2 atom stereocenters. The van der Waals surface area contributed by atoms with Gasteiger partial charge in [0.2, 0.25) is 0 Å². The standard InChI is InChI=1S/C7H11O2P/c1-3-7-4-5-10(2,8)9-6-7/h1,7H,4-6H2,2H3. The molecule has 1 aliphatic heterocycles. The van der Waals surface area contributed by atoms with E-state index in [-0.39, 0.29) is 5.92 Å². The maximum absolute atomic E-state index is 11.2. The monoisotopic (exact) mass is 158 g/mol. The zero-order valence-electron chi connectivity index (χ0n) is 6.04. The zero-order chi connectivity index (χ0) is 7.61. The molecule has 1 saturated heterocycles. The molecule has 10 heavy (non-hydrogen) atoms. The molecule has 1 rings (SSSR count). The van der Waals surface area contributed by atoms with Crippen LogP contribution in [0.2, 0.25) is 0 Å². The molecule has 56 valence electrons. The van der Waals surface area contributed by atoms with Crippen LogP contribution in [-0.4, -0.2) is 19.4 Å². The fourth-order valence-electron chi connectivity index (χ4n) is 0.917. The third-order valence-electron chi connectivity index (χ3n) is 1.67. The van der Waals surface area contributed by atoms with E-state index in [1.165, 1.54) is 0 Å². The van der Waals surface area contributed by atoms with Gasteiger partial charge in [0, 0.05) is 18.7 Å². The van der Waals surface area contributed by atoms with Crippen LogP contribution < -0.4 is 0 Å². The first-order valence-corrected chi connectivity index (χ1v) is 5.57. The van der Waals surface area contributed by atoms with E-state index < -0.39 is 7.37 Å². The Balaban J connectivity index is 2.48. The summed E-state index contributed by atoms with van der Waals surface area (Å²) in [6.45, 7) is 2.14. The first-order valence-electron chi connectivity index (χ1n) is 3.31. The predicted molar refractivity (Wildman–Crippen MR) is 41.3 cm³/mol. The van der Waals surface area contributed by atoms with E-state index in [0.29, 0.717) is 12.8 Å². The van der Waals surface area contributed by atoms with Crippen LogP contribution in [0.15, 0.2) is 0 Å². The summed E-state index contributed by atoms with van der Waals surface area (Å²) in [5.41, 5.74) is 0. The van der Waals surface area contributed by atoms with Crippen LogP contribution in [0.5, 0.6) is 0 Å². The maximum Gasteiger partial charge on any atom is 0.200 e. The van der Waals surface area contributed by atoms with Crippen molar-refractivity contribution >= 4 is 7.37 Å². The number of hydrogen-bond donors (Lipinski definition) is 0. The van der Waals surface area contributed by atoms with Gasteiger partial charge in [-0.2, -0.15) is 0 Å². The minimum atomic E-state index is -2.23. The SMILES string of the molecule is C#CC1CCP(C)(=O)OC1. The minimum Gasteiger partial charge on any atom is -0.327 e. The second-order valence-corrected chi connectivity index (χ2v) is 5.42. The predicted octanol–water partition coefficient (Wildman–Crippen LogP) is 1.56. The van der Waals surface area contributed by atoms with Gasteiger partial charge in [-0.1, -0.05) is 0 Å². The molecule has 0 aliphatic carbocycles. The van der Waals surface area contributed by atoms with Crippen molar-refractivity contribution < 1.29 is 9.09 Å². The summed E-state index contributed by atoms with van der Waals surface area (Å²) >= 11 is 0. The fraction of sp³-hybridized carbons (Fsp3) is 0.714. The van der Waals surface area contributed by atoms with Gasteiger partial charge in [-0.3, -0.25) is 4.57 Å². The molecule has 2 nitrogen and oxygen atoms in total. The Morgan fingerprint density at radius 1 is 1.80 bits per heavy atom. The Morgan fingerprint density at radius 3 is 2.90 bits per heavy atom. The highest BCUT2D eigenvalue weighted by atomic mass is 31.2. The smallest absolute Gasteiger partial charge is 0.200 e. The summed E-state index contributed by atoms with van der Waals surface area (Å²) < 4.78 is 16.3. The lowest BCUT2D eigenvalue weighted by atomic mass is 10.1. The third kappa shape index (κ3) is 1.87. The summed E-state index contributed by atoms with van der Waals surface area (Å²) in [6, 6.07) is 0. The van der Waals surface area contributed by atoms with E-state index in [9.17, 15) is 4.57 Å². The normalized spacial score (nSPS) is 40.6. The van der Waals surface area contributed by atoms with Gasteiger partial charge in [0.1, 0.15) is 0 Å². The Bertz CT molecular complexity index is 192. The Hall–Kier alpha value is -0.250. The average Bonchev–Trinajstić information content (AvgIpc) is 1.88. The largest absolute Gasteiger partial charge is 0.327 e. The van der Waals surface area contributed by atoms with Gasteiger partial charge in [-0.05, 0) is 6.42 Å². The lowest BCUT2D eigenvalue weighted by Gasteiger charge is -2.23. The summed E-state index contributed by atoms with van der Waals surface area (Å²) in [7, 11) is -2.23. The van der Waals surface area contributed by atoms with Crippen molar-refractivity contribution in [2.24, 2.45) is 5.92 Å². The summed E-state index contributed by atoms with van der Waals surface area (Å²) in [5, 5.41) is 0. The highest BCUT2D eigenvalue weighted by Crippen LogP contribution is 2.47. The van der Waals surface area contributed by atoms with E-state index in [1.807, 2.05) is 0 Å². The van der Waals surface area contributed by atoms with E-state index >= 15 is 0 Å². The molecule has 0 amide bonds. The van der Waals surface area contributed by atoms with E-state index in [1.54, 1.807) is 6.66 Å². The van der Waals surface area contributed by atoms with Crippen LogP contribution in [0.3, 0.4) is 0 Å². The Labute approximate surface area is 61.4 Å². The third-order valence-corrected chi connectivity index (χ3v) is 3.43.